The number of fused-ring (bicyclic) bond motifs is 1. The molecule has 2 aromatic rings. The lowest BCUT2D eigenvalue weighted by atomic mass is 10.1. The van der Waals surface area contributed by atoms with Crippen LogP contribution in [0.15, 0.2) is 24.4 Å². The number of benzene rings is 1. The van der Waals surface area contributed by atoms with Gasteiger partial charge in [0, 0.05) is 30.6 Å². The topological polar surface area (TPSA) is 79.1 Å². The number of nitrogens with zero attached hydrogens (tertiary/aromatic N) is 1. The number of aromatic hydroxyl groups is 1. The van der Waals surface area contributed by atoms with Gasteiger partial charge in [-0.25, -0.2) is 4.79 Å². The molecule has 2 rings (SSSR count). The maximum atomic E-state index is 11.4. The lowest BCUT2D eigenvalue weighted by Crippen LogP contribution is -2.66. The summed E-state index contributed by atoms with van der Waals surface area (Å²) in [6, 6.07) is 4.76. The van der Waals surface area contributed by atoms with E-state index in [1.54, 1.807) is 12.1 Å². The smallest absolute Gasteiger partial charge is 0.364 e. The molecular formula is C13H17N2O3+. The monoisotopic (exact) mass is 249 g/mol. The van der Waals surface area contributed by atoms with E-state index < -0.39 is 6.04 Å². The SMILES string of the molecule is COC(=O)[C@@H]([NH3+])Cc1cn(C)c2ccc(O)cc12. The molecule has 0 aliphatic heterocycles. The molecule has 4 N–H and O–H groups in total. The van der Waals surface area contributed by atoms with Crippen LogP contribution in [0.3, 0.4) is 0 Å². The van der Waals surface area contributed by atoms with Gasteiger partial charge in [0.25, 0.3) is 0 Å². The molecule has 1 aromatic carbocycles. The van der Waals surface area contributed by atoms with Gasteiger partial charge in [-0.15, -0.1) is 0 Å². The highest BCUT2D eigenvalue weighted by atomic mass is 16.5. The summed E-state index contributed by atoms with van der Waals surface area (Å²) in [6.45, 7) is 0. The Morgan fingerprint density at radius 3 is 2.94 bits per heavy atom. The number of rotatable bonds is 3. The summed E-state index contributed by atoms with van der Waals surface area (Å²) in [7, 11) is 3.29. The van der Waals surface area contributed by atoms with Crippen molar-refractivity contribution in [3.05, 3.63) is 30.0 Å². The normalized spacial score (nSPS) is 12.6. The van der Waals surface area contributed by atoms with Crippen molar-refractivity contribution in [1.29, 1.82) is 0 Å². The van der Waals surface area contributed by atoms with Crippen LogP contribution in [0.1, 0.15) is 5.56 Å². The van der Waals surface area contributed by atoms with Crippen LogP contribution in [-0.2, 0) is 23.0 Å². The third-order valence-corrected chi connectivity index (χ3v) is 3.06. The lowest BCUT2D eigenvalue weighted by molar-refractivity contribution is -0.407. The van der Waals surface area contributed by atoms with Gasteiger partial charge in [0.05, 0.1) is 7.11 Å². The lowest BCUT2D eigenvalue weighted by Gasteiger charge is -2.05. The van der Waals surface area contributed by atoms with Gasteiger partial charge in [-0.3, -0.25) is 0 Å². The summed E-state index contributed by atoms with van der Waals surface area (Å²) >= 11 is 0. The molecule has 96 valence electrons. The number of hydrogen-bond donors (Lipinski definition) is 2. The van der Waals surface area contributed by atoms with E-state index in [-0.39, 0.29) is 11.7 Å². The Morgan fingerprint density at radius 1 is 1.56 bits per heavy atom. The molecule has 0 saturated carbocycles. The van der Waals surface area contributed by atoms with Crippen molar-refractivity contribution in [1.82, 2.24) is 4.57 Å². The number of phenolic OH excluding ortho intramolecular Hbond substituents is 1. The van der Waals surface area contributed by atoms with Crippen LogP contribution >= 0.6 is 0 Å². The van der Waals surface area contributed by atoms with E-state index in [0.29, 0.717) is 6.42 Å². The number of methoxy groups -OCH3 is 1. The number of phenols is 1. The maximum absolute atomic E-state index is 11.4. The van der Waals surface area contributed by atoms with Crippen LogP contribution in [0.4, 0.5) is 0 Å². The fourth-order valence-electron chi connectivity index (χ4n) is 2.14. The van der Waals surface area contributed by atoms with Crippen molar-refractivity contribution in [3.63, 3.8) is 0 Å². The van der Waals surface area contributed by atoms with Crippen LogP contribution in [0.5, 0.6) is 5.75 Å². The maximum Gasteiger partial charge on any atom is 0.364 e. The van der Waals surface area contributed by atoms with Gasteiger partial charge in [-0.05, 0) is 23.8 Å². The summed E-state index contributed by atoms with van der Waals surface area (Å²) in [6.07, 6.45) is 2.44. The molecule has 0 aliphatic rings. The molecule has 1 atom stereocenters. The number of carbonyl (C=O) groups excluding carboxylic acids is 1. The minimum absolute atomic E-state index is 0.216. The number of ether oxygens (including phenoxy) is 1. The summed E-state index contributed by atoms with van der Waals surface area (Å²) < 4.78 is 6.64. The molecule has 0 fully saturated rings. The Hall–Kier alpha value is -2.01. The molecule has 0 spiro atoms. The zero-order valence-electron chi connectivity index (χ0n) is 10.5. The van der Waals surface area contributed by atoms with E-state index in [2.05, 4.69) is 10.5 Å². The molecule has 0 unspecified atom stereocenters. The highest BCUT2D eigenvalue weighted by molar-refractivity contribution is 5.86. The minimum atomic E-state index is -0.442. The quantitative estimate of drug-likeness (QED) is 0.763. The number of carbonyl (C=O) groups is 1. The van der Waals surface area contributed by atoms with Crippen molar-refractivity contribution in [2.75, 3.05) is 7.11 Å². The summed E-state index contributed by atoms with van der Waals surface area (Å²) in [4.78, 5) is 11.4. The molecule has 0 amide bonds. The second-order valence-electron chi connectivity index (χ2n) is 4.39. The molecule has 5 heteroatoms. The highest BCUT2D eigenvalue weighted by Gasteiger charge is 2.20. The third kappa shape index (κ3) is 2.17. The standard InChI is InChI=1S/C13H16N2O3/c1-15-7-8(5-11(14)13(17)18-2)10-6-9(16)3-4-12(10)15/h3-4,6-7,11,16H,5,14H2,1-2H3/p+1/t11-/m0/s1. The zero-order chi connectivity index (χ0) is 13.3. The Kier molecular flexibility index (Phi) is 3.25. The minimum Gasteiger partial charge on any atom is -0.508 e. The van der Waals surface area contributed by atoms with Crippen LogP contribution in [0, 0.1) is 0 Å². The van der Waals surface area contributed by atoms with Crippen LogP contribution in [-0.4, -0.2) is 28.8 Å². The number of quaternary nitrogens is 1. The second-order valence-corrected chi connectivity index (χ2v) is 4.39. The molecule has 5 nitrogen and oxygen atoms in total. The molecule has 1 heterocycles. The van der Waals surface area contributed by atoms with Crippen molar-refractivity contribution in [2.24, 2.45) is 7.05 Å². The van der Waals surface area contributed by atoms with Gasteiger partial charge >= 0.3 is 5.97 Å². The number of hydrogen-bond acceptors (Lipinski definition) is 3. The Morgan fingerprint density at radius 2 is 2.28 bits per heavy atom. The third-order valence-electron chi connectivity index (χ3n) is 3.06. The Labute approximate surface area is 105 Å². The van der Waals surface area contributed by atoms with Crippen molar-refractivity contribution in [2.45, 2.75) is 12.5 Å². The van der Waals surface area contributed by atoms with E-state index >= 15 is 0 Å². The molecule has 18 heavy (non-hydrogen) atoms. The van der Waals surface area contributed by atoms with Gasteiger partial charge in [0.15, 0.2) is 6.04 Å². The fourth-order valence-corrected chi connectivity index (χ4v) is 2.14. The predicted octanol–water partition coefficient (Wildman–Crippen LogP) is 0.210. The largest absolute Gasteiger partial charge is 0.508 e. The van der Waals surface area contributed by atoms with Crippen molar-refractivity contribution >= 4 is 16.9 Å². The van der Waals surface area contributed by atoms with Crippen molar-refractivity contribution in [3.8, 4) is 5.75 Å². The van der Waals surface area contributed by atoms with Crippen LogP contribution in [0.25, 0.3) is 10.9 Å². The number of aromatic nitrogens is 1. The van der Waals surface area contributed by atoms with Crippen molar-refractivity contribution < 1.29 is 20.4 Å². The average molecular weight is 249 g/mol. The molecule has 0 aliphatic carbocycles. The first-order valence-corrected chi connectivity index (χ1v) is 5.70. The Bertz CT molecular complexity index is 589. The fraction of sp³-hybridized carbons (Fsp3) is 0.308. The van der Waals surface area contributed by atoms with Gasteiger partial charge in [0.1, 0.15) is 5.75 Å². The summed E-state index contributed by atoms with van der Waals surface area (Å²) in [5, 5.41) is 10.5. The van der Waals surface area contributed by atoms with E-state index in [4.69, 9.17) is 0 Å². The number of aryl methyl sites for hydroxylation is 1. The zero-order valence-corrected chi connectivity index (χ0v) is 10.5. The molecule has 0 bridgehead atoms. The van der Waals surface area contributed by atoms with Gasteiger partial charge < -0.3 is 20.1 Å². The highest BCUT2D eigenvalue weighted by Crippen LogP contribution is 2.25. The molecule has 0 saturated heterocycles. The summed E-state index contributed by atoms with van der Waals surface area (Å²) in [5.41, 5.74) is 5.79. The summed E-state index contributed by atoms with van der Waals surface area (Å²) in [5.74, 6) is -0.110. The van der Waals surface area contributed by atoms with Gasteiger partial charge in [-0.1, -0.05) is 0 Å². The first-order valence-electron chi connectivity index (χ1n) is 5.70. The number of esters is 1. The Balaban J connectivity index is 2.39. The molecule has 0 radical (unpaired) electrons. The predicted molar refractivity (Wildman–Crippen MR) is 67.0 cm³/mol. The first-order chi connectivity index (χ1) is 8.52. The molecule has 1 aromatic heterocycles. The van der Waals surface area contributed by atoms with Gasteiger partial charge in [-0.2, -0.15) is 0 Å². The molecular weight excluding hydrogens is 232 g/mol. The van der Waals surface area contributed by atoms with Crippen LogP contribution in [0.2, 0.25) is 0 Å². The first kappa shape index (κ1) is 12.4. The van der Waals surface area contributed by atoms with E-state index in [9.17, 15) is 9.90 Å². The van der Waals surface area contributed by atoms with E-state index in [1.807, 2.05) is 23.9 Å². The second kappa shape index (κ2) is 4.70. The average Bonchev–Trinajstić information content (AvgIpc) is 2.64. The van der Waals surface area contributed by atoms with Gasteiger partial charge in [0.2, 0.25) is 0 Å². The van der Waals surface area contributed by atoms with E-state index in [0.717, 1.165) is 16.5 Å². The van der Waals surface area contributed by atoms with E-state index in [1.165, 1.54) is 7.11 Å². The van der Waals surface area contributed by atoms with Crippen LogP contribution < -0.4 is 5.73 Å².